The van der Waals surface area contributed by atoms with Crippen LogP contribution in [0.15, 0.2) is 6.20 Å². The first kappa shape index (κ1) is 12.0. The number of aromatic amines is 1. The molecule has 0 aliphatic heterocycles. The van der Waals surface area contributed by atoms with E-state index in [4.69, 9.17) is 0 Å². The van der Waals surface area contributed by atoms with Gasteiger partial charge in [0.05, 0.1) is 6.20 Å². The summed E-state index contributed by atoms with van der Waals surface area (Å²) in [5, 5.41) is 12.5. The van der Waals surface area contributed by atoms with Crippen molar-refractivity contribution in [2.75, 3.05) is 18.6 Å². The zero-order chi connectivity index (χ0) is 10.9. The molecule has 0 saturated heterocycles. The Morgan fingerprint density at radius 1 is 1.53 bits per heavy atom. The van der Waals surface area contributed by atoms with Gasteiger partial charge in [-0.25, -0.2) is 0 Å². The molecular weight excluding hydrogens is 212 g/mol. The number of H-pyrrole nitrogens is 1. The van der Waals surface area contributed by atoms with E-state index in [9.17, 15) is 4.79 Å². The zero-order valence-corrected chi connectivity index (χ0v) is 9.64. The lowest BCUT2D eigenvalue weighted by Crippen LogP contribution is -2.24. The van der Waals surface area contributed by atoms with Crippen LogP contribution in [-0.4, -0.2) is 39.9 Å². The fourth-order valence-electron chi connectivity index (χ4n) is 1.15. The minimum atomic E-state index is -0.159. The van der Waals surface area contributed by atoms with Gasteiger partial charge in [-0.2, -0.15) is 27.2 Å². The van der Waals surface area contributed by atoms with Crippen molar-refractivity contribution in [3.63, 3.8) is 0 Å². The molecule has 0 saturated carbocycles. The predicted molar refractivity (Wildman–Crippen MR) is 60.9 cm³/mol. The molecule has 1 heterocycles. The smallest absolute Gasteiger partial charge is 0.273 e. The van der Waals surface area contributed by atoms with E-state index in [1.165, 1.54) is 18.4 Å². The fourth-order valence-corrected chi connectivity index (χ4v) is 1.64. The molecule has 0 unspecified atom stereocenters. The van der Waals surface area contributed by atoms with Gasteiger partial charge in [-0.3, -0.25) is 4.79 Å². The van der Waals surface area contributed by atoms with E-state index in [1.807, 2.05) is 11.8 Å². The molecule has 1 aromatic rings. The highest BCUT2D eigenvalue weighted by atomic mass is 32.2. The first-order chi connectivity index (χ1) is 7.34. The van der Waals surface area contributed by atoms with Gasteiger partial charge in [-0.05, 0) is 24.9 Å². The quantitative estimate of drug-likeness (QED) is 0.685. The number of carbonyl (C=O) groups excluding carboxylic acids is 1. The lowest BCUT2D eigenvalue weighted by molar-refractivity contribution is 0.0948. The molecular formula is C9H16N4OS. The van der Waals surface area contributed by atoms with Crippen molar-refractivity contribution >= 4 is 17.7 Å². The monoisotopic (exact) mass is 228 g/mol. The maximum absolute atomic E-state index is 11.4. The van der Waals surface area contributed by atoms with Crippen LogP contribution < -0.4 is 5.32 Å². The van der Waals surface area contributed by atoms with Crippen molar-refractivity contribution in [2.45, 2.75) is 19.3 Å². The Morgan fingerprint density at radius 2 is 2.40 bits per heavy atom. The first-order valence-electron chi connectivity index (χ1n) is 4.97. The number of thioether (sulfide) groups is 1. The lowest BCUT2D eigenvalue weighted by Gasteiger charge is -2.02. The average molecular weight is 228 g/mol. The number of hydrogen-bond donors (Lipinski definition) is 2. The summed E-state index contributed by atoms with van der Waals surface area (Å²) in [5.41, 5.74) is 0.346. The summed E-state index contributed by atoms with van der Waals surface area (Å²) in [4.78, 5) is 11.4. The van der Waals surface area contributed by atoms with Gasteiger partial charge in [0.25, 0.3) is 5.91 Å². The maximum atomic E-state index is 11.4. The summed E-state index contributed by atoms with van der Waals surface area (Å²) in [6.07, 6.45) is 6.90. The third kappa shape index (κ3) is 4.83. The molecule has 0 bridgehead atoms. The standard InChI is InChI=1S/C9H16N4OS/c1-15-6-4-2-3-5-10-9(14)8-7-11-13-12-8/h7H,2-6H2,1H3,(H,10,14)(H,11,12,13). The number of unbranched alkanes of at least 4 members (excludes halogenated alkanes) is 2. The van der Waals surface area contributed by atoms with Crippen LogP contribution in [0.5, 0.6) is 0 Å². The number of carbonyl (C=O) groups is 1. The molecule has 84 valence electrons. The van der Waals surface area contributed by atoms with Crippen LogP contribution in [0.2, 0.25) is 0 Å². The molecule has 15 heavy (non-hydrogen) atoms. The van der Waals surface area contributed by atoms with E-state index in [0.717, 1.165) is 12.8 Å². The summed E-state index contributed by atoms with van der Waals surface area (Å²) in [5.74, 6) is 1.03. The Bertz CT molecular complexity index is 276. The first-order valence-corrected chi connectivity index (χ1v) is 6.37. The molecule has 6 heteroatoms. The van der Waals surface area contributed by atoms with Crippen LogP contribution in [-0.2, 0) is 0 Å². The van der Waals surface area contributed by atoms with E-state index in [0.29, 0.717) is 12.2 Å². The minimum Gasteiger partial charge on any atom is -0.351 e. The summed E-state index contributed by atoms with van der Waals surface area (Å²) in [6.45, 7) is 0.708. The summed E-state index contributed by atoms with van der Waals surface area (Å²) in [6, 6.07) is 0. The van der Waals surface area contributed by atoms with Crippen molar-refractivity contribution in [3.05, 3.63) is 11.9 Å². The topological polar surface area (TPSA) is 70.7 Å². The van der Waals surface area contributed by atoms with E-state index < -0.39 is 0 Å². The van der Waals surface area contributed by atoms with Gasteiger partial charge in [0.15, 0.2) is 5.69 Å². The van der Waals surface area contributed by atoms with Crippen LogP contribution in [0, 0.1) is 0 Å². The second kappa shape index (κ2) is 7.28. The maximum Gasteiger partial charge on any atom is 0.273 e. The Balaban J connectivity index is 2.03. The minimum absolute atomic E-state index is 0.159. The van der Waals surface area contributed by atoms with Gasteiger partial charge in [0.2, 0.25) is 0 Å². The third-order valence-corrected chi connectivity index (χ3v) is 2.66. The van der Waals surface area contributed by atoms with Crippen LogP contribution in [0.3, 0.4) is 0 Å². The Morgan fingerprint density at radius 3 is 3.07 bits per heavy atom. The molecule has 0 aliphatic carbocycles. The van der Waals surface area contributed by atoms with Crippen molar-refractivity contribution in [1.82, 2.24) is 20.7 Å². The summed E-state index contributed by atoms with van der Waals surface area (Å²) >= 11 is 1.85. The molecule has 0 spiro atoms. The normalized spacial score (nSPS) is 10.2. The highest BCUT2D eigenvalue weighted by Crippen LogP contribution is 2.01. The highest BCUT2D eigenvalue weighted by molar-refractivity contribution is 7.98. The molecule has 5 nitrogen and oxygen atoms in total. The van der Waals surface area contributed by atoms with Crippen molar-refractivity contribution in [2.24, 2.45) is 0 Å². The molecule has 0 atom stereocenters. The van der Waals surface area contributed by atoms with Crippen molar-refractivity contribution in [3.8, 4) is 0 Å². The Hall–Kier alpha value is -1.04. The van der Waals surface area contributed by atoms with Crippen molar-refractivity contribution in [1.29, 1.82) is 0 Å². The Labute approximate surface area is 93.4 Å². The van der Waals surface area contributed by atoms with E-state index in [-0.39, 0.29) is 5.91 Å². The van der Waals surface area contributed by atoms with Crippen LogP contribution in [0.1, 0.15) is 29.8 Å². The highest BCUT2D eigenvalue weighted by Gasteiger charge is 2.06. The Kier molecular flexibility index (Phi) is 5.84. The van der Waals surface area contributed by atoms with Crippen LogP contribution in [0.25, 0.3) is 0 Å². The molecule has 0 aliphatic rings. The summed E-state index contributed by atoms with van der Waals surface area (Å²) < 4.78 is 0. The van der Waals surface area contributed by atoms with Crippen LogP contribution >= 0.6 is 11.8 Å². The summed E-state index contributed by atoms with van der Waals surface area (Å²) in [7, 11) is 0. The number of amides is 1. The van der Waals surface area contributed by atoms with Gasteiger partial charge in [-0.1, -0.05) is 6.42 Å². The van der Waals surface area contributed by atoms with E-state index >= 15 is 0 Å². The largest absolute Gasteiger partial charge is 0.351 e. The van der Waals surface area contributed by atoms with E-state index in [1.54, 1.807) is 0 Å². The van der Waals surface area contributed by atoms with Gasteiger partial charge in [-0.15, -0.1) is 0 Å². The third-order valence-electron chi connectivity index (χ3n) is 1.96. The number of hydrogen-bond acceptors (Lipinski definition) is 4. The molecule has 0 fully saturated rings. The van der Waals surface area contributed by atoms with Gasteiger partial charge in [0.1, 0.15) is 0 Å². The van der Waals surface area contributed by atoms with Gasteiger partial charge < -0.3 is 5.32 Å². The van der Waals surface area contributed by atoms with E-state index in [2.05, 4.69) is 27.0 Å². The lowest BCUT2D eigenvalue weighted by atomic mass is 10.2. The number of nitrogens with zero attached hydrogens (tertiary/aromatic N) is 2. The molecule has 0 radical (unpaired) electrons. The molecule has 2 N–H and O–H groups in total. The van der Waals surface area contributed by atoms with Crippen molar-refractivity contribution < 1.29 is 4.79 Å². The van der Waals surface area contributed by atoms with Gasteiger partial charge in [0, 0.05) is 6.54 Å². The zero-order valence-electron chi connectivity index (χ0n) is 8.82. The van der Waals surface area contributed by atoms with Gasteiger partial charge >= 0.3 is 0 Å². The molecule has 1 rings (SSSR count). The molecule has 1 amide bonds. The fraction of sp³-hybridized carbons (Fsp3) is 0.667. The molecule has 1 aromatic heterocycles. The second-order valence-electron chi connectivity index (χ2n) is 3.16. The molecule has 0 aromatic carbocycles. The number of rotatable bonds is 7. The SMILES string of the molecule is CSCCCCCNC(=O)c1cn[nH]n1. The predicted octanol–water partition coefficient (Wildman–Crippen LogP) is 1.07. The van der Waals surface area contributed by atoms with Crippen LogP contribution in [0.4, 0.5) is 0 Å². The number of aromatic nitrogens is 3. The number of nitrogens with one attached hydrogen (secondary N) is 2. The second-order valence-corrected chi connectivity index (χ2v) is 4.15. The average Bonchev–Trinajstić information content (AvgIpc) is 2.76.